The average Bonchev–Trinajstić information content (AvgIpc) is 2.39. The van der Waals surface area contributed by atoms with E-state index in [9.17, 15) is 4.79 Å². The van der Waals surface area contributed by atoms with Crippen molar-refractivity contribution in [1.82, 2.24) is 5.32 Å². The van der Waals surface area contributed by atoms with Crippen LogP contribution in [0.5, 0.6) is 5.75 Å². The zero-order chi connectivity index (χ0) is 12.8. The highest BCUT2D eigenvalue weighted by atomic mass is 16.6. The number of rotatable bonds is 4. The molecule has 0 aromatic heterocycles. The molecule has 0 aliphatic heterocycles. The van der Waals surface area contributed by atoms with Crippen LogP contribution in [0.3, 0.4) is 0 Å². The van der Waals surface area contributed by atoms with Crippen LogP contribution in [-0.4, -0.2) is 19.2 Å². The number of nitrogens with two attached hydrogens (primary N) is 1. The number of nitrogens with one attached hydrogen (secondary N) is 1. The summed E-state index contributed by atoms with van der Waals surface area (Å²) in [5.41, 5.74) is 8.05. The van der Waals surface area contributed by atoms with Crippen molar-refractivity contribution in [2.24, 2.45) is 5.73 Å². The predicted molar refractivity (Wildman–Crippen MR) is 70.8 cm³/mol. The third kappa shape index (κ3) is 3.47. The summed E-state index contributed by atoms with van der Waals surface area (Å²) in [6.45, 7) is 1.12. The molecule has 2 rings (SSSR count). The molecule has 3 N–H and O–H groups in total. The Morgan fingerprint density at radius 1 is 1.28 bits per heavy atom. The molecule has 0 spiro atoms. The van der Waals surface area contributed by atoms with Crippen LogP contribution in [0.25, 0.3) is 0 Å². The van der Waals surface area contributed by atoms with Crippen LogP contribution in [0.1, 0.15) is 30.4 Å². The first-order chi connectivity index (χ1) is 8.79. The van der Waals surface area contributed by atoms with E-state index in [2.05, 4.69) is 11.4 Å². The third-order valence-electron chi connectivity index (χ3n) is 3.18. The van der Waals surface area contributed by atoms with E-state index in [1.165, 1.54) is 24.0 Å². The fraction of sp³-hybridized carbons (Fsp3) is 0.500. The maximum absolute atomic E-state index is 11.5. The Labute approximate surface area is 108 Å². The number of benzene rings is 1. The topological polar surface area (TPSA) is 64.3 Å². The molecule has 98 valence electrons. The van der Waals surface area contributed by atoms with Crippen LogP contribution in [0.4, 0.5) is 4.79 Å². The highest BCUT2D eigenvalue weighted by Crippen LogP contribution is 2.25. The van der Waals surface area contributed by atoms with Gasteiger partial charge in [-0.15, -0.1) is 0 Å². The van der Waals surface area contributed by atoms with E-state index in [-0.39, 0.29) is 0 Å². The molecular weight excluding hydrogens is 228 g/mol. The van der Waals surface area contributed by atoms with Crippen LogP contribution >= 0.6 is 0 Å². The monoisotopic (exact) mass is 248 g/mol. The summed E-state index contributed by atoms with van der Waals surface area (Å²) in [5.74, 6) is 0.626. The normalized spacial score (nSPS) is 13.8. The summed E-state index contributed by atoms with van der Waals surface area (Å²) in [6, 6.07) is 5.92. The molecule has 1 aromatic carbocycles. The molecule has 1 aliphatic carbocycles. The molecule has 0 saturated heterocycles. The van der Waals surface area contributed by atoms with Gasteiger partial charge < -0.3 is 15.8 Å². The quantitative estimate of drug-likeness (QED) is 0.801. The molecule has 0 radical (unpaired) electrons. The Balaban J connectivity index is 1.91. The first kappa shape index (κ1) is 12.9. The Morgan fingerprint density at radius 3 is 2.83 bits per heavy atom. The maximum Gasteiger partial charge on any atom is 0.412 e. The number of carbonyl (C=O) groups is 1. The van der Waals surface area contributed by atoms with Gasteiger partial charge in [-0.2, -0.15) is 0 Å². The second-order valence-electron chi connectivity index (χ2n) is 4.60. The Morgan fingerprint density at radius 2 is 2.06 bits per heavy atom. The lowest BCUT2D eigenvalue weighted by atomic mass is 9.92. The lowest BCUT2D eigenvalue weighted by Crippen LogP contribution is -2.28. The molecule has 0 unspecified atom stereocenters. The summed E-state index contributed by atoms with van der Waals surface area (Å²) in [6.07, 6.45) is 5.06. The van der Waals surface area contributed by atoms with Crippen molar-refractivity contribution in [1.29, 1.82) is 0 Å². The minimum atomic E-state index is -0.404. The number of ether oxygens (including phenoxy) is 1. The van der Waals surface area contributed by atoms with Crippen molar-refractivity contribution in [3.8, 4) is 5.75 Å². The van der Waals surface area contributed by atoms with Crippen LogP contribution in [-0.2, 0) is 12.8 Å². The molecular formula is C14H20N2O2. The lowest BCUT2D eigenvalue weighted by molar-refractivity contribution is 0.200. The molecule has 0 bridgehead atoms. The molecule has 0 atom stereocenters. The fourth-order valence-electron chi connectivity index (χ4n) is 2.21. The van der Waals surface area contributed by atoms with Crippen molar-refractivity contribution in [2.75, 3.05) is 13.1 Å². The highest BCUT2D eigenvalue weighted by Gasteiger charge is 2.11. The molecule has 0 fully saturated rings. The van der Waals surface area contributed by atoms with Gasteiger partial charge in [0.05, 0.1) is 0 Å². The zero-order valence-corrected chi connectivity index (χ0v) is 10.6. The summed E-state index contributed by atoms with van der Waals surface area (Å²) in [4.78, 5) is 11.5. The minimum Gasteiger partial charge on any atom is -0.410 e. The minimum absolute atomic E-state index is 0.404. The molecule has 0 saturated carbocycles. The van der Waals surface area contributed by atoms with Gasteiger partial charge in [0, 0.05) is 6.54 Å². The number of hydrogen-bond donors (Lipinski definition) is 2. The average molecular weight is 248 g/mol. The van der Waals surface area contributed by atoms with Gasteiger partial charge in [-0.05, 0) is 61.9 Å². The van der Waals surface area contributed by atoms with Crippen molar-refractivity contribution >= 4 is 6.09 Å². The number of aryl methyl sites for hydroxylation is 2. The van der Waals surface area contributed by atoms with E-state index < -0.39 is 6.09 Å². The number of hydrogen-bond acceptors (Lipinski definition) is 3. The van der Waals surface area contributed by atoms with Crippen molar-refractivity contribution in [2.45, 2.75) is 32.1 Å². The van der Waals surface area contributed by atoms with Crippen LogP contribution in [0.2, 0.25) is 0 Å². The highest BCUT2D eigenvalue weighted by molar-refractivity contribution is 5.70. The predicted octanol–water partition coefficient (Wildman–Crippen LogP) is 2.00. The van der Waals surface area contributed by atoms with Gasteiger partial charge in [0.1, 0.15) is 5.75 Å². The van der Waals surface area contributed by atoms with Crippen LogP contribution in [0, 0.1) is 0 Å². The second-order valence-corrected chi connectivity index (χ2v) is 4.60. The van der Waals surface area contributed by atoms with Gasteiger partial charge in [-0.25, -0.2) is 4.79 Å². The summed E-state index contributed by atoms with van der Waals surface area (Å²) in [7, 11) is 0. The molecule has 4 nitrogen and oxygen atoms in total. The summed E-state index contributed by atoms with van der Waals surface area (Å²) in [5, 5.41) is 2.67. The van der Waals surface area contributed by atoms with Crippen molar-refractivity contribution < 1.29 is 9.53 Å². The fourth-order valence-corrected chi connectivity index (χ4v) is 2.21. The number of carbonyl (C=O) groups excluding carboxylic acids is 1. The molecule has 4 heteroatoms. The molecule has 1 aliphatic rings. The summed E-state index contributed by atoms with van der Waals surface area (Å²) >= 11 is 0. The molecule has 1 aromatic rings. The van der Waals surface area contributed by atoms with E-state index in [1.54, 1.807) is 0 Å². The maximum atomic E-state index is 11.5. The smallest absolute Gasteiger partial charge is 0.410 e. The van der Waals surface area contributed by atoms with Crippen LogP contribution < -0.4 is 15.8 Å². The van der Waals surface area contributed by atoms with E-state index in [1.807, 2.05) is 12.1 Å². The first-order valence-electron chi connectivity index (χ1n) is 6.57. The Kier molecular flexibility index (Phi) is 4.59. The standard InChI is InChI=1S/C14H20N2O2/c15-8-3-9-16-14(17)18-13-7-6-11-4-1-2-5-12(11)10-13/h6-7,10H,1-5,8-9,15H2,(H,16,17). The van der Waals surface area contributed by atoms with Gasteiger partial charge >= 0.3 is 6.09 Å². The molecule has 0 heterocycles. The lowest BCUT2D eigenvalue weighted by Gasteiger charge is -2.16. The largest absolute Gasteiger partial charge is 0.412 e. The van der Waals surface area contributed by atoms with Crippen molar-refractivity contribution in [3.05, 3.63) is 29.3 Å². The SMILES string of the molecule is NCCCNC(=O)Oc1ccc2c(c1)CCCC2. The Hall–Kier alpha value is -1.55. The number of fused-ring (bicyclic) bond motifs is 1. The van der Waals surface area contributed by atoms with Crippen LogP contribution in [0.15, 0.2) is 18.2 Å². The van der Waals surface area contributed by atoms with Gasteiger partial charge in [-0.1, -0.05) is 6.07 Å². The first-order valence-corrected chi connectivity index (χ1v) is 6.57. The molecule has 18 heavy (non-hydrogen) atoms. The van der Waals surface area contributed by atoms with Gasteiger partial charge in [-0.3, -0.25) is 0 Å². The van der Waals surface area contributed by atoms with Crippen molar-refractivity contribution in [3.63, 3.8) is 0 Å². The third-order valence-corrected chi connectivity index (χ3v) is 3.18. The zero-order valence-electron chi connectivity index (χ0n) is 10.6. The summed E-state index contributed by atoms with van der Waals surface area (Å²) < 4.78 is 5.24. The van der Waals surface area contributed by atoms with E-state index in [0.29, 0.717) is 18.8 Å². The second kappa shape index (κ2) is 6.40. The van der Waals surface area contributed by atoms with Gasteiger partial charge in [0.15, 0.2) is 0 Å². The number of amides is 1. The molecule has 1 amide bonds. The van der Waals surface area contributed by atoms with Gasteiger partial charge in [0.2, 0.25) is 0 Å². The van der Waals surface area contributed by atoms with E-state index in [0.717, 1.165) is 19.3 Å². The Bertz CT molecular complexity index is 418. The van der Waals surface area contributed by atoms with Gasteiger partial charge in [0.25, 0.3) is 0 Å². The van der Waals surface area contributed by atoms with E-state index in [4.69, 9.17) is 10.5 Å². The van der Waals surface area contributed by atoms with E-state index >= 15 is 0 Å².